The minimum Gasteiger partial charge on any atom is -0.315 e. The summed E-state index contributed by atoms with van der Waals surface area (Å²) in [7, 11) is 0. The molecule has 0 atom stereocenters. The number of carbonyl (C=O) groups excluding carboxylic acids is 1. The van der Waals surface area contributed by atoms with Crippen LogP contribution in [0, 0.1) is 0 Å². The summed E-state index contributed by atoms with van der Waals surface area (Å²) in [6, 6.07) is 0. The first-order valence-electron chi connectivity index (χ1n) is 0.894. The third kappa shape index (κ3) is 1.63. The van der Waals surface area contributed by atoms with Crippen molar-refractivity contribution in [1.82, 2.24) is 0 Å². The van der Waals surface area contributed by atoms with Crippen LogP contribution in [0.3, 0.4) is 0 Å². The molecule has 0 heterocycles. The van der Waals surface area contributed by atoms with E-state index in [0.717, 1.165) is 0 Å². The Morgan fingerprint density at radius 2 is 2.25 bits per heavy atom. The minimum atomic E-state index is -0.292. The summed E-state index contributed by atoms with van der Waals surface area (Å²) in [5.74, 6) is 0. The van der Waals surface area contributed by atoms with Crippen LogP contribution in [0.1, 0.15) is 0 Å². The Labute approximate surface area is 24.4 Å². The summed E-state index contributed by atoms with van der Waals surface area (Å²) in [4.78, 5) is 0. The maximum absolute atomic E-state index is 7.59. The molecule has 2 nitrogen and oxygen atoms in total. The summed E-state index contributed by atoms with van der Waals surface area (Å²) in [5.41, 5.74) is 0. The van der Waals surface area contributed by atoms with Gasteiger partial charge in [-0.2, -0.15) is 0 Å². The summed E-state index contributed by atoms with van der Waals surface area (Å²) in [5, 5.41) is 7.59. The Morgan fingerprint density at radius 3 is 2.25 bits per heavy atom. The van der Waals surface area contributed by atoms with Gasteiger partial charge in [-0.25, -0.2) is 4.42 Å². The average molecular weight is 61.1 g/mol. The zero-order valence-corrected chi connectivity index (χ0v) is 2.27. The number of aliphatic hydroxyl groups excluding tert-OH is 1. The van der Waals surface area contributed by atoms with Crippen molar-refractivity contribution >= 4 is 6.79 Å². The largest absolute Gasteiger partial charge is 0.368 e. The van der Waals surface area contributed by atoms with Crippen molar-refractivity contribution in [2.24, 2.45) is 0 Å². The molecule has 1 N–H and O–H groups in total. The van der Waals surface area contributed by atoms with Gasteiger partial charge in [0, 0.05) is 0 Å². The topological polar surface area (TPSA) is 31.5 Å². The van der Waals surface area contributed by atoms with Crippen molar-refractivity contribution in [2.75, 3.05) is 6.79 Å². The molecular weight excluding hydrogens is 56.0 g/mol. The molecule has 4 heavy (non-hydrogen) atoms. The second-order valence-corrected chi connectivity index (χ2v) is 0.333. The van der Waals surface area contributed by atoms with Gasteiger partial charge in [0.15, 0.2) is 0 Å². The highest BCUT2D eigenvalue weighted by molar-refractivity contribution is 5.11. The van der Waals surface area contributed by atoms with E-state index in [1.165, 1.54) is 0 Å². The average Bonchev–Trinajstić information content (AvgIpc) is 1.37. The Kier molecular flexibility index (Phi) is 2.39. The molecule has 0 radical (unpaired) electrons. The smallest absolute Gasteiger partial charge is 0.315 e. The fourth-order valence-electron chi connectivity index (χ4n) is 0. The van der Waals surface area contributed by atoms with Crippen molar-refractivity contribution in [3.05, 3.63) is 0 Å². The molecule has 0 saturated heterocycles. The molecule has 0 aliphatic carbocycles. The fraction of sp³-hybridized carbons (Fsp3) is 0.500. The van der Waals surface area contributed by atoms with Crippen molar-refractivity contribution in [1.29, 1.82) is 0 Å². The molecule has 0 amide bonds. The van der Waals surface area contributed by atoms with Gasteiger partial charge in [-0.3, -0.25) is 0 Å². The molecule has 0 aliphatic rings. The van der Waals surface area contributed by atoms with Gasteiger partial charge in [0.2, 0.25) is 0 Å². The van der Waals surface area contributed by atoms with E-state index in [1.807, 2.05) is 0 Å². The van der Waals surface area contributed by atoms with Gasteiger partial charge in [-0.05, 0) is 0 Å². The second kappa shape index (κ2) is 2.63. The zero-order chi connectivity index (χ0) is 3.41. The molecule has 0 bridgehead atoms. The molecule has 0 unspecified atom stereocenters. The lowest BCUT2D eigenvalue weighted by Gasteiger charge is -1.50. The van der Waals surface area contributed by atoms with Gasteiger partial charge in [0.25, 0.3) is 6.79 Å². The van der Waals surface area contributed by atoms with Crippen LogP contribution in [-0.2, 0) is 4.42 Å². The maximum Gasteiger partial charge on any atom is 0.368 e. The first-order valence-corrected chi connectivity index (χ1v) is 0.894. The van der Waals surface area contributed by atoms with Crippen LogP contribution in [-0.4, -0.2) is 18.7 Å². The van der Waals surface area contributed by atoms with Crippen molar-refractivity contribution in [3.8, 4) is 0 Å². The van der Waals surface area contributed by atoms with Crippen molar-refractivity contribution in [2.45, 2.75) is 0 Å². The summed E-state index contributed by atoms with van der Waals surface area (Å²) >= 11 is 0. The third-order valence-corrected chi connectivity index (χ3v) is 0.0913. The summed E-state index contributed by atoms with van der Waals surface area (Å²) in [6.45, 7) is 2.56. The highest BCUT2D eigenvalue weighted by Crippen LogP contribution is 1.30. The Morgan fingerprint density at radius 1 is 2.00 bits per heavy atom. The third-order valence-electron chi connectivity index (χ3n) is 0.0913. The van der Waals surface area contributed by atoms with Gasteiger partial charge in [0.05, 0.1) is 0 Å². The number of aliphatic hydroxyl groups is 1. The standard InChI is InChI=1S/C2H5O2/c1-4-2-3/h3H,1-2H2/q+1. The maximum atomic E-state index is 7.59. The molecule has 0 aliphatic heterocycles. The molecule has 2 heteroatoms. The van der Waals surface area contributed by atoms with Gasteiger partial charge in [-0.1, -0.05) is 0 Å². The van der Waals surface area contributed by atoms with Gasteiger partial charge in [-0.15, -0.1) is 0 Å². The van der Waals surface area contributed by atoms with E-state index in [4.69, 9.17) is 5.11 Å². The predicted octanol–water partition coefficient (Wildman–Crippen LogP) is -0.699. The molecule has 0 aromatic rings. The van der Waals surface area contributed by atoms with Crippen LogP contribution in [0.4, 0.5) is 0 Å². The zero-order valence-electron chi connectivity index (χ0n) is 2.27. The molecule has 0 aromatic carbocycles. The molecule has 24 valence electrons. The normalized spacial score (nSPS) is 6.25. The lowest BCUT2D eigenvalue weighted by atomic mass is 11.5. The number of hydrogen-bond donors (Lipinski definition) is 1. The van der Waals surface area contributed by atoms with Gasteiger partial charge < -0.3 is 5.11 Å². The Hall–Kier alpha value is -0.370. The summed E-state index contributed by atoms with van der Waals surface area (Å²) < 4.78 is 3.85. The minimum absolute atomic E-state index is 0.292. The van der Waals surface area contributed by atoms with Crippen LogP contribution in [0.15, 0.2) is 0 Å². The van der Waals surface area contributed by atoms with E-state index in [2.05, 4.69) is 11.2 Å². The molecule has 0 fully saturated rings. The van der Waals surface area contributed by atoms with Crippen LogP contribution >= 0.6 is 0 Å². The Bertz CT molecular complexity index is 18.0. The summed E-state index contributed by atoms with van der Waals surface area (Å²) in [6.07, 6.45) is 0. The van der Waals surface area contributed by atoms with E-state index in [9.17, 15) is 0 Å². The van der Waals surface area contributed by atoms with Crippen LogP contribution in [0.2, 0.25) is 0 Å². The van der Waals surface area contributed by atoms with Crippen molar-refractivity contribution in [3.63, 3.8) is 0 Å². The van der Waals surface area contributed by atoms with Crippen molar-refractivity contribution < 1.29 is 9.53 Å². The molecule has 0 saturated carbocycles. The van der Waals surface area contributed by atoms with E-state index < -0.39 is 0 Å². The molecule has 0 rings (SSSR count). The quantitative estimate of drug-likeness (QED) is 0.315. The molecular formula is C2H5O2+. The highest BCUT2D eigenvalue weighted by Gasteiger charge is 1.59. The van der Waals surface area contributed by atoms with E-state index in [-0.39, 0.29) is 6.79 Å². The highest BCUT2D eigenvalue weighted by atomic mass is 16.5. The van der Waals surface area contributed by atoms with Crippen LogP contribution < -0.4 is 0 Å². The Balaban J connectivity index is 2.30. The van der Waals surface area contributed by atoms with Gasteiger partial charge in [0.1, 0.15) is 0 Å². The van der Waals surface area contributed by atoms with Crippen LogP contribution in [0.5, 0.6) is 0 Å². The first kappa shape index (κ1) is 3.63. The molecule has 0 aromatic heterocycles. The number of hydrogen-bond acceptors (Lipinski definition) is 1. The molecule has 0 spiro atoms. The second-order valence-electron chi connectivity index (χ2n) is 0.333. The lowest BCUT2D eigenvalue weighted by molar-refractivity contribution is -0.493. The lowest BCUT2D eigenvalue weighted by Crippen LogP contribution is -1.72. The van der Waals surface area contributed by atoms with E-state index in [0.29, 0.717) is 0 Å². The van der Waals surface area contributed by atoms with Crippen LogP contribution in [0.25, 0.3) is 0 Å². The van der Waals surface area contributed by atoms with Gasteiger partial charge >= 0.3 is 6.79 Å². The number of rotatable bonds is 1. The predicted molar refractivity (Wildman–Crippen MR) is 14.2 cm³/mol. The first-order chi connectivity index (χ1) is 1.91. The van der Waals surface area contributed by atoms with E-state index in [1.54, 1.807) is 0 Å². The fourth-order valence-corrected chi connectivity index (χ4v) is 0. The monoisotopic (exact) mass is 61.0 g/mol. The SMILES string of the molecule is C=[O+]CO. The van der Waals surface area contributed by atoms with E-state index >= 15 is 0 Å².